The Hall–Kier alpha value is -3.06. The molecule has 4 N–H and O–H groups in total. The molecule has 0 amide bonds. The van der Waals surface area contributed by atoms with Gasteiger partial charge in [-0.25, -0.2) is 4.79 Å². The third-order valence-corrected chi connectivity index (χ3v) is 5.14. The van der Waals surface area contributed by atoms with Crippen LogP contribution < -0.4 is 0 Å². The van der Waals surface area contributed by atoms with E-state index in [1.807, 2.05) is 0 Å². The third-order valence-electron chi connectivity index (χ3n) is 5.14. The van der Waals surface area contributed by atoms with Crippen molar-refractivity contribution in [3.05, 3.63) is 24.3 Å². The van der Waals surface area contributed by atoms with E-state index < -0.39 is 81.8 Å². The van der Waals surface area contributed by atoms with Crippen LogP contribution >= 0.6 is 0 Å². The lowest BCUT2D eigenvalue weighted by molar-refractivity contribution is -0.263. The number of ether oxygens (including phenoxy) is 2. The van der Waals surface area contributed by atoms with Gasteiger partial charge in [0.25, 0.3) is 11.2 Å². The molecule has 0 aliphatic rings. The Morgan fingerprint density at radius 3 is 1.53 bits per heavy atom. The quantitative estimate of drug-likeness (QED) is 0.134. The van der Waals surface area contributed by atoms with Crippen molar-refractivity contribution in [3.63, 3.8) is 0 Å². The van der Waals surface area contributed by atoms with E-state index >= 15 is 0 Å². The monoisotopic (exact) mass is 486 g/mol. The highest BCUT2D eigenvalue weighted by Gasteiger charge is 2.80. The molecule has 12 nitrogen and oxygen atoms in total. The van der Waals surface area contributed by atoms with Crippen LogP contribution in [0.3, 0.4) is 0 Å². The third kappa shape index (κ3) is 4.75. The molecule has 0 bridgehead atoms. The molecular formula is C22H30O12. The van der Waals surface area contributed by atoms with Gasteiger partial charge in [0.15, 0.2) is 17.3 Å². The Labute approximate surface area is 195 Å². The standard InChI is InChI=1S/C22H30O12/c1-10(2)17(29)21(13(6)25,34-19(31)11(3)4)22(14(7)26,33-15(8)27)20(32,12(5)24)18(30)16(28)9-23/h16,18,23,28,30,32H,1,3,9H2,2,4-8H3/t16-,18-,20+,21?,22-/m1/s1. The van der Waals surface area contributed by atoms with Crippen molar-refractivity contribution < 1.29 is 58.7 Å². The Morgan fingerprint density at radius 2 is 1.26 bits per heavy atom. The first-order valence-electron chi connectivity index (χ1n) is 9.83. The fraction of sp³-hybridized carbons (Fsp3) is 0.545. The molecule has 0 heterocycles. The van der Waals surface area contributed by atoms with Gasteiger partial charge < -0.3 is 29.9 Å². The summed E-state index contributed by atoms with van der Waals surface area (Å²) in [5.74, 6) is -9.24. The first kappa shape index (κ1) is 30.9. The number of Topliss-reactive ketones (excluding diaryl/α,β-unsaturated/α-hetero) is 4. The van der Waals surface area contributed by atoms with Crippen LogP contribution in [-0.4, -0.2) is 91.1 Å². The Bertz CT molecular complexity index is 934. The predicted octanol–water partition coefficient (Wildman–Crippen LogP) is -1.50. The molecule has 34 heavy (non-hydrogen) atoms. The van der Waals surface area contributed by atoms with Gasteiger partial charge in [-0.15, -0.1) is 0 Å². The molecule has 1 unspecified atom stereocenters. The number of ketones is 4. The summed E-state index contributed by atoms with van der Waals surface area (Å²) in [5, 5.41) is 41.6. The molecule has 0 aromatic heterocycles. The zero-order chi connectivity index (χ0) is 27.4. The first-order valence-corrected chi connectivity index (χ1v) is 9.83. The van der Waals surface area contributed by atoms with Crippen LogP contribution in [0.15, 0.2) is 24.3 Å². The highest BCUT2D eigenvalue weighted by atomic mass is 16.6. The lowest BCUT2D eigenvalue weighted by Gasteiger charge is -2.52. The zero-order valence-corrected chi connectivity index (χ0v) is 19.8. The number of hydrogen-bond donors (Lipinski definition) is 4. The van der Waals surface area contributed by atoms with E-state index in [4.69, 9.17) is 9.47 Å². The minimum Gasteiger partial charge on any atom is -0.442 e. The zero-order valence-electron chi connectivity index (χ0n) is 19.8. The second-order valence-corrected chi connectivity index (χ2v) is 7.87. The molecule has 0 saturated heterocycles. The lowest BCUT2D eigenvalue weighted by Crippen LogP contribution is -2.84. The normalized spacial score (nSPS) is 18.1. The summed E-state index contributed by atoms with van der Waals surface area (Å²) >= 11 is 0. The topological polar surface area (TPSA) is 202 Å². The number of hydrogen-bond acceptors (Lipinski definition) is 12. The summed E-state index contributed by atoms with van der Waals surface area (Å²) in [6.45, 7) is 9.93. The molecule has 5 atom stereocenters. The minimum absolute atomic E-state index is 0.414. The van der Waals surface area contributed by atoms with E-state index in [0.717, 1.165) is 13.8 Å². The number of carbonyl (C=O) groups is 6. The van der Waals surface area contributed by atoms with E-state index in [9.17, 15) is 49.2 Å². The Kier molecular flexibility index (Phi) is 9.93. The van der Waals surface area contributed by atoms with Gasteiger partial charge in [0, 0.05) is 12.5 Å². The lowest BCUT2D eigenvalue weighted by atomic mass is 9.60. The summed E-state index contributed by atoms with van der Waals surface area (Å²) in [6, 6.07) is 0. The minimum atomic E-state index is -3.82. The maximum absolute atomic E-state index is 13.4. The molecule has 190 valence electrons. The number of aliphatic hydroxyl groups is 4. The van der Waals surface area contributed by atoms with Crippen LogP contribution in [0, 0.1) is 0 Å². The molecule has 0 fully saturated rings. The molecule has 0 aliphatic carbocycles. The summed E-state index contributed by atoms with van der Waals surface area (Å²) in [7, 11) is 0. The van der Waals surface area contributed by atoms with Crippen molar-refractivity contribution in [2.24, 2.45) is 0 Å². The molecule has 0 radical (unpaired) electrons. The number of carbonyl (C=O) groups excluding carboxylic acids is 6. The average molecular weight is 486 g/mol. The number of rotatable bonds is 13. The summed E-state index contributed by atoms with van der Waals surface area (Å²) in [4.78, 5) is 77.3. The van der Waals surface area contributed by atoms with Gasteiger partial charge in [-0.05, 0) is 40.2 Å². The van der Waals surface area contributed by atoms with Gasteiger partial charge in [-0.1, -0.05) is 13.2 Å². The van der Waals surface area contributed by atoms with E-state index in [2.05, 4.69) is 13.2 Å². The number of aliphatic hydroxyl groups excluding tert-OH is 3. The fourth-order valence-corrected chi connectivity index (χ4v) is 3.55. The largest absolute Gasteiger partial charge is 0.442 e. The Balaban J connectivity index is 8.35. The molecule has 0 spiro atoms. The molecule has 0 aromatic carbocycles. The van der Waals surface area contributed by atoms with Gasteiger partial charge in [-0.2, -0.15) is 0 Å². The molecule has 0 aliphatic heterocycles. The van der Waals surface area contributed by atoms with Gasteiger partial charge in [0.1, 0.15) is 12.2 Å². The smallest absolute Gasteiger partial charge is 0.334 e. The van der Waals surface area contributed by atoms with Crippen LogP contribution in [0.1, 0.15) is 41.5 Å². The fourth-order valence-electron chi connectivity index (χ4n) is 3.55. The van der Waals surface area contributed by atoms with Gasteiger partial charge in [0.2, 0.25) is 11.4 Å². The van der Waals surface area contributed by atoms with Crippen molar-refractivity contribution in [2.75, 3.05) is 6.61 Å². The summed E-state index contributed by atoms with van der Waals surface area (Å²) < 4.78 is 10.1. The van der Waals surface area contributed by atoms with Crippen molar-refractivity contribution in [3.8, 4) is 0 Å². The molecule has 0 saturated carbocycles. The molecule has 0 aromatic rings. The second-order valence-electron chi connectivity index (χ2n) is 7.87. The summed E-state index contributed by atoms with van der Waals surface area (Å²) in [6.07, 6.45) is -5.22. The van der Waals surface area contributed by atoms with E-state index in [1.54, 1.807) is 0 Å². The average Bonchev–Trinajstić information content (AvgIpc) is 2.72. The number of esters is 2. The predicted molar refractivity (Wildman–Crippen MR) is 114 cm³/mol. The van der Waals surface area contributed by atoms with E-state index in [-0.39, 0.29) is 0 Å². The molecule has 12 heteroatoms. The van der Waals surface area contributed by atoms with E-state index in [1.165, 1.54) is 0 Å². The van der Waals surface area contributed by atoms with Crippen LogP contribution in [0.2, 0.25) is 0 Å². The maximum Gasteiger partial charge on any atom is 0.334 e. The molecule has 0 rings (SSSR count). The van der Waals surface area contributed by atoms with Crippen LogP contribution in [0.4, 0.5) is 0 Å². The highest BCUT2D eigenvalue weighted by molar-refractivity contribution is 6.24. The van der Waals surface area contributed by atoms with E-state index in [0.29, 0.717) is 27.7 Å². The van der Waals surface area contributed by atoms with Gasteiger partial charge >= 0.3 is 11.9 Å². The highest BCUT2D eigenvalue weighted by Crippen LogP contribution is 2.46. The summed E-state index contributed by atoms with van der Waals surface area (Å²) in [5.41, 5.74) is -12.2. The van der Waals surface area contributed by atoms with Crippen LogP contribution in [0.5, 0.6) is 0 Å². The Morgan fingerprint density at radius 1 is 0.794 bits per heavy atom. The molecular weight excluding hydrogens is 456 g/mol. The SMILES string of the molecule is C=C(C)C(=O)OC(C(C)=O)(C(=O)C(=C)C)[C@@](OC(C)=O)(C(C)=O)[C@](O)(C(C)=O)[C@H](O)[C@H](O)CO. The van der Waals surface area contributed by atoms with Crippen molar-refractivity contribution in [1.82, 2.24) is 0 Å². The van der Waals surface area contributed by atoms with Gasteiger partial charge in [-0.3, -0.25) is 24.0 Å². The first-order chi connectivity index (χ1) is 15.3. The van der Waals surface area contributed by atoms with Crippen LogP contribution in [0.25, 0.3) is 0 Å². The van der Waals surface area contributed by atoms with Crippen molar-refractivity contribution in [1.29, 1.82) is 0 Å². The van der Waals surface area contributed by atoms with Crippen LogP contribution in [-0.2, 0) is 38.2 Å². The van der Waals surface area contributed by atoms with Crippen molar-refractivity contribution in [2.45, 2.75) is 70.6 Å². The van der Waals surface area contributed by atoms with Crippen molar-refractivity contribution >= 4 is 35.1 Å². The maximum atomic E-state index is 13.4. The second kappa shape index (κ2) is 10.9. The van der Waals surface area contributed by atoms with Gasteiger partial charge in [0.05, 0.1) is 6.61 Å².